The molecule has 0 radical (unpaired) electrons. The summed E-state index contributed by atoms with van der Waals surface area (Å²) in [6.45, 7) is 7.66. The molecule has 0 spiro atoms. The lowest BCUT2D eigenvalue weighted by Crippen LogP contribution is -2.52. The summed E-state index contributed by atoms with van der Waals surface area (Å²) in [5.41, 5.74) is -0.786. The van der Waals surface area contributed by atoms with Gasteiger partial charge in [-0.25, -0.2) is 0 Å². The van der Waals surface area contributed by atoms with Gasteiger partial charge in [-0.1, -0.05) is 12.1 Å². The Labute approximate surface area is 148 Å². The zero-order valence-corrected chi connectivity index (χ0v) is 15.3. The Bertz CT molecular complexity index is 585. The molecule has 25 heavy (non-hydrogen) atoms. The largest absolute Gasteiger partial charge is 0.387 e. The highest BCUT2D eigenvalue weighted by atomic mass is 16.5. The molecule has 8 nitrogen and oxygen atoms in total. The Hall–Kier alpha value is -1.51. The van der Waals surface area contributed by atoms with Crippen LogP contribution in [0.15, 0.2) is 4.52 Å². The number of likely N-dealkylation sites (tertiary alicyclic amines) is 1. The van der Waals surface area contributed by atoms with Gasteiger partial charge in [0.05, 0.1) is 12.1 Å². The van der Waals surface area contributed by atoms with Gasteiger partial charge in [-0.3, -0.25) is 9.69 Å². The predicted octanol–water partition coefficient (Wildman–Crippen LogP) is -0.225. The fraction of sp³-hybridized carbons (Fsp3) is 0.824. The predicted molar refractivity (Wildman–Crippen MR) is 92.1 cm³/mol. The van der Waals surface area contributed by atoms with E-state index in [0.717, 1.165) is 32.6 Å². The number of hydrogen-bond donors (Lipinski definition) is 1. The highest BCUT2D eigenvalue weighted by Crippen LogP contribution is 2.24. The van der Waals surface area contributed by atoms with Crippen molar-refractivity contribution in [3.05, 3.63) is 11.7 Å². The van der Waals surface area contributed by atoms with Crippen molar-refractivity contribution in [1.29, 1.82) is 0 Å². The summed E-state index contributed by atoms with van der Waals surface area (Å²) >= 11 is 0. The molecule has 1 unspecified atom stereocenters. The molecule has 3 heterocycles. The fourth-order valence-electron chi connectivity index (χ4n) is 3.53. The molecular weight excluding hydrogens is 322 g/mol. The molecular formula is C17H29N5O3. The summed E-state index contributed by atoms with van der Waals surface area (Å²) in [5, 5.41) is 14.7. The molecule has 0 saturated carbocycles. The van der Waals surface area contributed by atoms with Crippen molar-refractivity contribution < 1.29 is 14.4 Å². The van der Waals surface area contributed by atoms with Crippen molar-refractivity contribution in [3.63, 3.8) is 0 Å². The second-order valence-corrected chi connectivity index (χ2v) is 7.33. The van der Waals surface area contributed by atoms with Crippen LogP contribution in [-0.4, -0.2) is 94.3 Å². The highest BCUT2D eigenvalue weighted by Gasteiger charge is 2.39. The van der Waals surface area contributed by atoms with Crippen molar-refractivity contribution in [3.8, 4) is 0 Å². The second kappa shape index (κ2) is 7.80. The van der Waals surface area contributed by atoms with Crippen LogP contribution in [0.1, 0.15) is 31.5 Å². The first kappa shape index (κ1) is 18.3. The lowest BCUT2D eigenvalue weighted by molar-refractivity contribution is -0.131. The van der Waals surface area contributed by atoms with Crippen molar-refractivity contribution in [2.24, 2.45) is 0 Å². The standard InChI is InChI=1S/C17H29N5O3/c1-3-14-18-15(25-19-14)4-5-16(23)22-7-6-17(24,13-22)12-21-10-8-20(2)9-11-21/h24H,3-13H2,1-2H3. The van der Waals surface area contributed by atoms with E-state index in [4.69, 9.17) is 4.52 Å². The summed E-state index contributed by atoms with van der Waals surface area (Å²) in [4.78, 5) is 23.0. The number of likely N-dealkylation sites (N-methyl/N-ethyl adjacent to an activating group) is 1. The smallest absolute Gasteiger partial charge is 0.227 e. The quantitative estimate of drug-likeness (QED) is 0.758. The molecule has 1 amide bonds. The summed E-state index contributed by atoms with van der Waals surface area (Å²) in [7, 11) is 2.12. The summed E-state index contributed by atoms with van der Waals surface area (Å²) in [6, 6.07) is 0. The first-order chi connectivity index (χ1) is 12.0. The van der Waals surface area contributed by atoms with Crippen molar-refractivity contribution in [2.45, 2.75) is 38.2 Å². The maximum atomic E-state index is 12.4. The van der Waals surface area contributed by atoms with Crippen LogP contribution in [0.2, 0.25) is 0 Å². The van der Waals surface area contributed by atoms with Gasteiger partial charge in [-0.2, -0.15) is 4.98 Å². The minimum absolute atomic E-state index is 0.0468. The second-order valence-electron chi connectivity index (χ2n) is 7.33. The number of aryl methyl sites for hydroxylation is 2. The number of hydrogen-bond acceptors (Lipinski definition) is 7. The van der Waals surface area contributed by atoms with Crippen LogP contribution in [-0.2, 0) is 17.6 Å². The number of carbonyl (C=O) groups excluding carboxylic acids is 1. The zero-order chi connectivity index (χ0) is 17.9. The average Bonchev–Trinajstić information content (AvgIpc) is 3.22. The molecule has 0 aliphatic carbocycles. The van der Waals surface area contributed by atoms with E-state index in [1.165, 1.54) is 0 Å². The molecule has 2 fully saturated rings. The fourth-order valence-corrected chi connectivity index (χ4v) is 3.53. The zero-order valence-electron chi connectivity index (χ0n) is 15.3. The van der Waals surface area contributed by atoms with E-state index in [1.807, 2.05) is 6.92 Å². The van der Waals surface area contributed by atoms with E-state index < -0.39 is 5.60 Å². The maximum absolute atomic E-state index is 12.4. The molecule has 1 atom stereocenters. The average molecular weight is 351 g/mol. The molecule has 0 aromatic carbocycles. The van der Waals surface area contributed by atoms with E-state index in [2.05, 4.69) is 27.0 Å². The first-order valence-corrected chi connectivity index (χ1v) is 9.20. The van der Waals surface area contributed by atoms with Gasteiger partial charge in [-0.15, -0.1) is 0 Å². The van der Waals surface area contributed by atoms with E-state index in [-0.39, 0.29) is 5.91 Å². The Morgan fingerprint density at radius 3 is 2.72 bits per heavy atom. The van der Waals surface area contributed by atoms with Gasteiger partial charge >= 0.3 is 0 Å². The van der Waals surface area contributed by atoms with Gasteiger partial charge in [0.1, 0.15) is 0 Å². The highest BCUT2D eigenvalue weighted by molar-refractivity contribution is 5.76. The normalized spacial score (nSPS) is 25.6. The molecule has 3 rings (SSSR count). The van der Waals surface area contributed by atoms with Crippen molar-refractivity contribution in [2.75, 3.05) is 52.9 Å². The number of piperazine rings is 1. The lowest BCUT2D eigenvalue weighted by Gasteiger charge is -2.36. The topological polar surface area (TPSA) is 85.9 Å². The SMILES string of the molecule is CCc1noc(CCC(=O)N2CCC(O)(CN3CCN(C)CC3)C2)n1. The minimum Gasteiger partial charge on any atom is -0.387 e. The number of carbonyl (C=O) groups is 1. The van der Waals surface area contributed by atoms with Crippen LogP contribution >= 0.6 is 0 Å². The minimum atomic E-state index is -0.786. The summed E-state index contributed by atoms with van der Waals surface area (Å²) < 4.78 is 5.13. The van der Waals surface area contributed by atoms with Crippen LogP contribution in [0.25, 0.3) is 0 Å². The molecule has 140 valence electrons. The van der Waals surface area contributed by atoms with Crippen LogP contribution < -0.4 is 0 Å². The molecule has 2 aliphatic heterocycles. The van der Waals surface area contributed by atoms with Crippen LogP contribution in [0, 0.1) is 0 Å². The number of aliphatic hydroxyl groups is 1. The third-order valence-corrected chi connectivity index (χ3v) is 5.18. The molecule has 1 aromatic rings. The Balaban J connectivity index is 1.45. The number of rotatable bonds is 6. The number of aromatic nitrogens is 2. The molecule has 1 N–H and O–H groups in total. The van der Waals surface area contributed by atoms with E-state index in [0.29, 0.717) is 50.6 Å². The number of nitrogens with zero attached hydrogens (tertiary/aromatic N) is 5. The van der Waals surface area contributed by atoms with Gasteiger partial charge in [0.15, 0.2) is 5.82 Å². The first-order valence-electron chi connectivity index (χ1n) is 9.20. The number of β-amino-alcohol motifs (C(OH)–C–C–N with tert-alkyl or cyclic N) is 1. The van der Waals surface area contributed by atoms with Crippen LogP contribution in [0.3, 0.4) is 0 Å². The third kappa shape index (κ3) is 4.77. The maximum Gasteiger partial charge on any atom is 0.227 e. The molecule has 1 aromatic heterocycles. The molecule has 0 bridgehead atoms. The molecule has 2 aliphatic rings. The van der Waals surface area contributed by atoms with Gasteiger partial charge in [0, 0.05) is 58.5 Å². The van der Waals surface area contributed by atoms with Crippen LogP contribution in [0.4, 0.5) is 0 Å². The van der Waals surface area contributed by atoms with Crippen molar-refractivity contribution in [1.82, 2.24) is 24.8 Å². The van der Waals surface area contributed by atoms with E-state index >= 15 is 0 Å². The Morgan fingerprint density at radius 1 is 1.28 bits per heavy atom. The van der Waals surface area contributed by atoms with Gasteiger partial charge in [0.2, 0.25) is 11.8 Å². The van der Waals surface area contributed by atoms with E-state index in [1.54, 1.807) is 4.90 Å². The van der Waals surface area contributed by atoms with Gasteiger partial charge < -0.3 is 19.4 Å². The molecule has 2 saturated heterocycles. The number of amides is 1. The van der Waals surface area contributed by atoms with E-state index in [9.17, 15) is 9.90 Å². The van der Waals surface area contributed by atoms with Crippen molar-refractivity contribution >= 4 is 5.91 Å². The van der Waals surface area contributed by atoms with Gasteiger partial charge in [-0.05, 0) is 13.5 Å². The summed E-state index contributed by atoms with van der Waals surface area (Å²) in [5.74, 6) is 1.23. The van der Waals surface area contributed by atoms with Gasteiger partial charge in [0.25, 0.3) is 0 Å². The monoisotopic (exact) mass is 351 g/mol. The van der Waals surface area contributed by atoms with Crippen LogP contribution in [0.5, 0.6) is 0 Å². The lowest BCUT2D eigenvalue weighted by atomic mass is 10.0. The Morgan fingerprint density at radius 2 is 2.04 bits per heavy atom. The third-order valence-electron chi connectivity index (χ3n) is 5.18. The Kier molecular flexibility index (Phi) is 5.71. The molecule has 8 heteroatoms. The summed E-state index contributed by atoms with van der Waals surface area (Å²) in [6.07, 6.45) is 2.17.